The van der Waals surface area contributed by atoms with Crippen LogP contribution in [0, 0.1) is 19.7 Å². The smallest absolute Gasteiger partial charge is 0.262 e. The molecule has 2 rings (SSSR count). The molecule has 0 aliphatic heterocycles. The molecule has 20 heavy (non-hydrogen) atoms. The summed E-state index contributed by atoms with van der Waals surface area (Å²) in [6.45, 7) is 3.78. The highest BCUT2D eigenvalue weighted by molar-refractivity contribution is 5.92. The van der Waals surface area contributed by atoms with Gasteiger partial charge in [0, 0.05) is 5.69 Å². The normalized spacial score (nSPS) is 10.2. The minimum absolute atomic E-state index is 0.112. The van der Waals surface area contributed by atoms with Crippen LogP contribution in [0.5, 0.6) is 5.75 Å². The van der Waals surface area contributed by atoms with Crippen LogP contribution in [0.1, 0.15) is 11.1 Å². The van der Waals surface area contributed by atoms with Crippen LogP contribution in [0.4, 0.5) is 10.1 Å². The summed E-state index contributed by atoms with van der Waals surface area (Å²) in [7, 11) is 0. The molecule has 4 heteroatoms. The summed E-state index contributed by atoms with van der Waals surface area (Å²) in [5.74, 6) is -0.122. The molecule has 3 nitrogen and oxygen atoms in total. The second-order valence-corrected chi connectivity index (χ2v) is 4.61. The Labute approximate surface area is 117 Å². The summed E-state index contributed by atoms with van der Waals surface area (Å²) >= 11 is 0. The number of ether oxygens (including phenoxy) is 1. The molecule has 0 atom stereocenters. The Morgan fingerprint density at radius 1 is 1.15 bits per heavy atom. The molecule has 0 aliphatic carbocycles. The van der Waals surface area contributed by atoms with E-state index in [1.807, 2.05) is 32.0 Å². The number of amides is 1. The number of benzene rings is 2. The van der Waals surface area contributed by atoms with Crippen LogP contribution in [0.2, 0.25) is 0 Å². The van der Waals surface area contributed by atoms with Gasteiger partial charge in [0.25, 0.3) is 5.91 Å². The van der Waals surface area contributed by atoms with Crippen LogP contribution < -0.4 is 10.1 Å². The van der Waals surface area contributed by atoms with E-state index in [1.54, 1.807) is 0 Å². The fourth-order valence-electron chi connectivity index (χ4n) is 1.74. The number of nitrogens with one attached hydrogen (secondary N) is 1. The van der Waals surface area contributed by atoms with E-state index in [1.165, 1.54) is 24.3 Å². The fraction of sp³-hybridized carbons (Fsp3) is 0.188. The summed E-state index contributed by atoms with van der Waals surface area (Å²) in [5.41, 5.74) is 2.84. The molecular weight excluding hydrogens is 257 g/mol. The molecule has 2 aromatic rings. The molecule has 0 spiro atoms. The number of carbonyl (C=O) groups excluding carboxylic acids is 1. The highest BCUT2D eigenvalue weighted by atomic mass is 19.1. The largest absolute Gasteiger partial charge is 0.484 e. The zero-order valence-corrected chi connectivity index (χ0v) is 11.4. The number of anilines is 1. The van der Waals surface area contributed by atoms with Crippen molar-refractivity contribution in [3.05, 3.63) is 59.4 Å². The van der Waals surface area contributed by atoms with Gasteiger partial charge in [-0.1, -0.05) is 12.1 Å². The Morgan fingerprint density at radius 2 is 1.85 bits per heavy atom. The third-order valence-electron chi connectivity index (χ3n) is 2.85. The topological polar surface area (TPSA) is 38.3 Å². The van der Waals surface area contributed by atoms with Gasteiger partial charge in [0.05, 0.1) is 0 Å². The van der Waals surface area contributed by atoms with E-state index < -0.39 is 0 Å². The van der Waals surface area contributed by atoms with Gasteiger partial charge in [-0.15, -0.1) is 0 Å². The summed E-state index contributed by atoms with van der Waals surface area (Å²) in [5, 5.41) is 2.79. The fourth-order valence-corrected chi connectivity index (χ4v) is 1.74. The lowest BCUT2D eigenvalue weighted by atomic mass is 10.1. The number of aryl methyl sites for hydroxylation is 2. The summed E-state index contributed by atoms with van der Waals surface area (Å²) < 4.78 is 18.0. The molecule has 1 N–H and O–H groups in total. The van der Waals surface area contributed by atoms with Crippen LogP contribution in [-0.4, -0.2) is 12.5 Å². The molecule has 0 unspecified atom stereocenters. The Morgan fingerprint density at radius 3 is 2.55 bits per heavy atom. The van der Waals surface area contributed by atoms with Gasteiger partial charge in [0.1, 0.15) is 11.6 Å². The van der Waals surface area contributed by atoms with Crippen molar-refractivity contribution in [2.24, 2.45) is 0 Å². The lowest BCUT2D eigenvalue weighted by molar-refractivity contribution is -0.118. The van der Waals surface area contributed by atoms with Gasteiger partial charge in [-0.25, -0.2) is 4.39 Å². The quantitative estimate of drug-likeness (QED) is 0.926. The molecule has 0 aromatic heterocycles. The zero-order valence-electron chi connectivity index (χ0n) is 11.4. The second-order valence-electron chi connectivity index (χ2n) is 4.61. The van der Waals surface area contributed by atoms with Crippen LogP contribution in [0.3, 0.4) is 0 Å². The first kappa shape index (κ1) is 14.1. The highest BCUT2D eigenvalue weighted by Crippen LogP contribution is 2.16. The van der Waals surface area contributed by atoms with E-state index in [2.05, 4.69) is 5.32 Å². The molecule has 0 radical (unpaired) electrons. The van der Waals surface area contributed by atoms with Crippen LogP contribution >= 0.6 is 0 Å². The van der Waals surface area contributed by atoms with Gasteiger partial charge in [-0.3, -0.25) is 4.79 Å². The summed E-state index contributed by atoms with van der Waals surface area (Å²) in [4.78, 5) is 11.8. The molecule has 0 fully saturated rings. The molecule has 0 bridgehead atoms. The molecule has 1 amide bonds. The van der Waals surface area contributed by atoms with Gasteiger partial charge in [0.2, 0.25) is 0 Å². The number of halogens is 1. The summed E-state index contributed by atoms with van der Waals surface area (Å²) in [6, 6.07) is 11.4. The van der Waals surface area contributed by atoms with Gasteiger partial charge in [-0.2, -0.15) is 0 Å². The van der Waals surface area contributed by atoms with Crippen LogP contribution in [0.15, 0.2) is 42.5 Å². The predicted octanol–water partition coefficient (Wildman–Crippen LogP) is 3.46. The maximum Gasteiger partial charge on any atom is 0.262 e. The van der Waals surface area contributed by atoms with Crippen LogP contribution in [0.25, 0.3) is 0 Å². The van der Waals surface area contributed by atoms with Crippen LogP contribution in [-0.2, 0) is 4.79 Å². The number of hydrogen-bond acceptors (Lipinski definition) is 2. The first-order chi connectivity index (χ1) is 9.54. The Hall–Kier alpha value is -2.36. The van der Waals surface area contributed by atoms with E-state index in [4.69, 9.17) is 4.74 Å². The lowest BCUT2D eigenvalue weighted by Crippen LogP contribution is -2.20. The molecule has 104 valence electrons. The summed E-state index contributed by atoms with van der Waals surface area (Å²) in [6.07, 6.45) is 0. The molecule has 0 saturated heterocycles. The molecule has 0 heterocycles. The number of hydrogen-bond donors (Lipinski definition) is 1. The molecule has 0 aliphatic rings. The van der Waals surface area contributed by atoms with Gasteiger partial charge < -0.3 is 10.1 Å². The van der Waals surface area contributed by atoms with Crippen molar-refractivity contribution in [3.8, 4) is 5.75 Å². The van der Waals surface area contributed by atoms with Crippen molar-refractivity contribution >= 4 is 11.6 Å². The van der Waals surface area contributed by atoms with E-state index in [9.17, 15) is 9.18 Å². The van der Waals surface area contributed by atoms with Gasteiger partial charge in [-0.05, 0) is 55.3 Å². The molecule has 0 saturated carbocycles. The van der Waals surface area contributed by atoms with E-state index in [0.29, 0.717) is 5.75 Å². The molecular formula is C16H16FNO2. The van der Waals surface area contributed by atoms with E-state index in [-0.39, 0.29) is 18.3 Å². The second kappa shape index (κ2) is 6.19. The average Bonchev–Trinajstić information content (AvgIpc) is 2.42. The lowest BCUT2D eigenvalue weighted by Gasteiger charge is -2.10. The Balaban J connectivity index is 1.92. The maximum absolute atomic E-state index is 12.7. The first-order valence-electron chi connectivity index (χ1n) is 6.30. The Bertz CT molecular complexity index is 608. The van der Waals surface area contributed by atoms with Crippen molar-refractivity contribution < 1.29 is 13.9 Å². The average molecular weight is 273 g/mol. The van der Waals surface area contributed by atoms with Crippen molar-refractivity contribution in [1.82, 2.24) is 0 Å². The van der Waals surface area contributed by atoms with Crippen molar-refractivity contribution in [2.75, 3.05) is 11.9 Å². The molecule has 2 aromatic carbocycles. The predicted molar refractivity (Wildman–Crippen MR) is 76.4 cm³/mol. The number of rotatable bonds is 4. The monoisotopic (exact) mass is 273 g/mol. The standard InChI is InChI=1S/C16H16FNO2/c1-11-3-4-12(2)15(9-11)18-16(19)10-20-14-7-5-13(17)6-8-14/h3-9H,10H2,1-2H3,(H,18,19). The third kappa shape index (κ3) is 3.82. The zero-order chi connectivity index (χ0) is 14.5. The SMILES string of the molecule is Cc1ccc(C)c(NC(=O)COc2ccc(F)cc2)c1. The Kier molecular flexibility index (Phi) is 4.35. The van der Waals surface area contributed by atoms with Crippen molar-refractivity contribution in [3.63, 3.8) is 0 Å². The van der Waals surface area contributed by atoms with Gasteiger partial charge in [0.15, 0.2) is 6.61 Å². The highest BCUT2D eigenvalue weighted by Gasteiger charge is 2.06. The minimum atomic E-state index is -0.336. The van der Waals surface area contributed by atoms with Crippen molar-refractivity contribution in [1.29, 1.82) is 0 Å². The first-order valence-corrected chi connectivity index (χ1v) is 6.30. The third-order valence-corrected chi connectivity index (χ3v) is 2.85. The van der Waals surface area contributed by atoms with Crippen molar-refractivity contribution in [2.45, 2.75) is 13.8 Å². The maximum atomic E-state index is 12.7. The van der Waals surface area contributed by atoms with E-state index in [0.717, 1.165) is 16.8 Å². The van der Waals surface area contributed by atoms with Gasteiger partial charge >= 0.3 is 0 Å². The minimum Gasteiger partial charge on any atom is -0.484 e. The van der Waals surface area contributed by atoms with E-state index >= 15 is 0 Å². The number of carbonyl (C=O) groups is 1.